The molecular weight excluding hydrogens is 280 g/mol. The fraction of sp³-hybridized carbons (Fsp3) is 0.462. The largest absolute Gasteiger partial charge is 0.463 e. The second-order valence-corrected chi connectivity index (χ2v) is 5.79. The van der Waals surface area contributed by atoms with E-state index in [4.69, 9.17) is 10.1 Å². The van der Waals surface area contributed by atoms with E-state index in [1.165, 1.54) is 15.6 Å². The lowest BCUT2D eigenvalue weighted by Gasteiger charge is -2.38. The van der Waals surface area contributed by atoms with E-state index in [0.717, 1.165) is 19.3 Å². The molecule has 0 amide bonds. The highest BCUT2D eigenvalue weighted by molar-refractivity contribution is 9.10. The van der Waals surface area contributed by atoms with Crippen molar-refractivity contribution in [2.75, 3.05) is 13.7 Å². The van der Waals surface area contributed by atoms with Crippen molar-refractivity contribution in [1.29, 1.82) is 5.41 Å². The van der Waals surface area contributed by atoms with Crippen LogP contribution in [-0.4, -0.2) is 30.1 Å². The third-order valence-electron chi connectivity index (χ3n) is 4.07. The van der Waals surface area contributed by atoms with Crippen LogP contribution in [-0.2, 0) is 17.6 Å². The second kappa shape index (κ2) is 3.73. The van der Waals surface area contributed by atoms with Crippen LogP contribution >= 0.6 is 15.9 Å². The van der Waals surface area contributed by atoms with Gasteiger partial charge in [0, 0.05) is 11.5 Å². The minimum absolute atomic E-state index is 0.00484. The highest BCUT2D eigenvalue weighted by atomic mass is 79.9. The first-order chi connectivity index (χ1) is 8.12. The fourth-order valence-corrected chi connectivity index (χ4v) is 3.48. The summed E-state index contributed by atoms with van der Waals surface area (Å²) in [4.78, 5) is 2.00. The molecule has 0 radical (unpaired) electrons. The molecule has 0 aromatic heterocycles. The van der Waals surface area contributed by atoms with Gasteiger partial charge in [0.25, 0.3) is 6.02 Å². The molecule has 3 nitrogen and oxygen atoms in total. The molecule has 0 saturated carbocycles. The SMILES string of the molecule is CN1C(=N)OCC12CCc1c(Br)cccc1C2. The molecule has 1 spiro atoms. The molecule has 4 heteroatoms. The van der Waals surface area contributed by atoms with E-state index >= 15 is 0 Å². The first kappa shape index (κ1) is 11.1. The predicted molar refractivity (Wildman–Crippen MR) is 70.3 cm³/mol. The number of nitrogens with zero attached hydrogens (tertiary/aromatic N) is 1. The van der Waals surface area contributed by atoms with Crippen LogP contribution in [0.5, 0.6) is 0 Å². The van der Waals surface area contributed by atoms with Gasteiger partial charge in [0.05, 0.1) is 5.54 Å². The molecule has 17 heavy (non-hydrogen) atoms. The number of hydrogen-bond donors (Lipinski definition) is 1. The van der Waals surface area contributed by atoms with Crippen molar-refractivity contribution in [3.8, 4) is 0 Å². The average Bonchev–Trinajstić information content (AvgIpc) is 2.59. The Morgan fingerprint density at radius 1 is 1.47 bits per heavy atom. The van der Waals surface area contributed by atoms with Gasteiger partial charge in [-0.05, 0) is 36.5 Å². The third kappa shape index (κ3) is 1.58. The lowest BCUT2D eigenvalue weighted by Crippen LogP contribution is -2.49. The van der Waals surface area contributed by atoms with Gasteiger partial charge in [-0.2, -0.15) is 0 Å². The number of amidine groups is 1. The second-order valence-electron chi connectivity index (χ2n) is 4.93. The van der Waals surface area contributed by atoms with Crippen molar-refractivity contribution in [1.82, 2.24) is 4.90 Å². The van der Waals surface area contributed by atoms with Gasteiger partial charge in [0.1, 0.15) is 6.61 Å². The van der Waals surface area contributed by atoms with Crippen molar-refractivity contribution in [3.05, 3.63) is 33.8 Å². The maximum absolute atomic E-state index is 7.74. The van der Waals surface area contributed by atoms with E-state index in [9.17, 15) is 0 Å². The van der Waals surface area contributed by atoms with Crippen LogP contribution in [0.3, 0.4) is 0 Å². The zero-order valence-electron chi connectivity index (χ0n) is 9.79. The first-order valence-corrected chi connectivity index (χ1v) is 6.63. The van der Waals surface area contributed by atoms with Gasteiger partial charge in [-0.1, -0.05) is 28.1 Å². The van der Waals surface area contributed by atoms with Gasteiger partial charge < -0.3 is 9.64 Å². The highest BCUT2D eigenvalue weighted by Crippen LogP contribution is 2.38. The summed E-state index contributed by atoms with van der Waals surface area (Å²) in [6.45, 7) is 0.647. The van der Waals surface area contributed by atoms with E-state index in [1.807, 2.05) is 11.9 Å². The third-order valence-corrected chi connectivity index (χ3v) is 4.81. The Kier molecular flexibility index (Phi) is 2.43. The van der Waals surface area contributed by atoms with Crippen LogP contribution in [0, 0.1) is 5.41 Å². The number of ether oxygens (including phenoxy) is 1. The van der Waals surface area contributed by atoms with Crippen molar-refractivity contribution in [2.45, 2.75) is 24.8 Å². The first-order valence-electron chi connectivity index (χ1n) is 5.84. The van der Waals surface area contributed by atoms with Crippen LogP contribution in [0.4, 0.5) is 0 Å². The molecule has 90 valence electrons. The maximum Gasteiger partial charge on any atom is 0.284 e. The Labute approximate surface area is 109 Å². The minimum Gasteiger partial charge on any atom is -0.463 e. The summed E-state index contributed by atoms with van der Waals surface area (Å²) in [5.74, 6) is 0. The number of fused-ring (bicyclic) bond motifs is 1. The van der Waals surface area contributed by atoms with Gasteiger partial charge >= 0.3 is 0 Å². The van der Waals surface area contributed by atoms with Crippen LogP contribution in [0.15, 0.2) is 22.7 Å². The summed E-state index contributed by atoms with van der Waals surface area (Å²) in [7, 11) is 1.97. The lowest BCUT2D eigenvalue weighted by atomic mass is 9.78. The molecule has 1 aromatic rings. The standard InChI is InChI=1S/C13H15BrN2O/c1-16-12(15)17-8-13(16)6-5-10-9(7-13)3-2-4-11(10)14/h2-4,15H,5-8H2,1H3. The van der Waals surface area contributed by atoms with Crippen molar-refractivity contribution < 1.29 is 4.74 Å². The Morgan fingerprint density at radius 3 is 3.00 bits per heavy atom. The molecule has 2 aliphatic rings. The van der Waals surface area contributed by atoms with Gasteiger partial charge in [-0.15, -0.1) is 0 Å². The number of halogens is 1. The molecule has 0 bridgehead atoms. The molecule has 1 heterocycles. The monoisotopic (exact) mass is 294 g/mol. The summed E-state index contributed by atoms with van der Waals surface area (Å²) >= 11 is 3.62. The van der Waals surface area contributed by atoms with Crippen LogP contribution in [0.2, 0.25) is 0 Å². The van der Waals surface area contributed by atoms with E-state index in [-0.39, 0.29) is 5.54 Å². The molecule has 1 aliphatic heterocycles. The molecule has 1 aliphatic carbocycles. The summed E-state index contributed by atoms with van der Waals surface area (Å²) in [6.07, 6.45) is 3.08. The van der Waals surface area contributed by atoms with Crippen molar-refractivity contribution in [2.24, 2.45) is 0 Å². The summed E-state index contributed by atoms with van der Waals surface area (Å²) in [6, 6.07) is 6.69. The quantitative estimate of drug-likeness (QED) is 0.798. The predicted octanol–water partition coefficient (Wildman–Crippen LogP) is 2.57. The average molecular weight is 295 g/mol. The molecular formula is C13H15BrN2O. The smallest absolute Gasteiger partial charge is 0.284 e. The highest BCUT2D eigenvalue weighted by Gasteiger charge is 2.45. The van der Waals surface area contributed by atoms with Gasteiger partial charge in [-0.3, -0.25) is 5.41 Å². The Balaban J connectivity index is 1.98. The zero-order valence-corrected chi connectivity index (χ0v) is 11.4. The maximum atomic E-state index is 7.74. The van der Waals surface area contributed by atoms with Crippen molar-refractivity contribution in [3.63, 3.8) is 0 Å². The van der Waals surface area contributed by atoms with E-state index in [2.05, 4.69) is 34.1 Å². The zero-order chi connectivity index (χ0) is 12.0. The van der Waals surface area contributed by atoms with Gasteiger partial charge in [-0.25, -0.2) is 0 Å². The van der Waals surface area contributed by atoms with Crippen molar-refractivity contribution >= 4 is 22.0 Å². The molecule has 1 fully saturated rings. The summed E-state index contributed by atoms with van der Waals surface area (Å²) in [5.41, 5.74) is 2.81. The number of likely N-dealkylation sites (N-methyl/N-ethyl adjacent to an activating group) is 1. The van der Waals surface area contributed by atoms with Crippen LogP contribution in [0.1, 0.15) is 17.5 Å². The van der Waals surface area contributed by atoms with Crippen LogP contribution < -0.4 is 0 Å². The van der Waals surface area contributed by atoms with E-state index in [1.54, 1.807) is 0 Å². The normalized spacial score (nSPS) is 27.2. The van der Waals surface area contributed by atoms with Crippen LogP contribution in [0.25, 0.3) is 0 Å². The topological polar surface area (TPSA) is 36.3 Å². The number of hydrogen-bond acceptors (Lipinski definition) is 2. The minimum atomic E-state index is 0.00484. The number of nitrogens with one attached hydrogen (secondary N) is 1. The lowest BCUT2D eigenvalue weighted by molar-refractivity contribution is 0.179. The molecule has 1 N–H and O–H groups in total. The fourth-order valence-electron chi connectivity index (χ4n) is 2.87. The van der Waals surface area contributed by atoms with Gasteiger partial charge in [0.2, 0.25) is 0 Å². The number of benzene rings is 1. The molecule has 1 saturated heterocycles. The molecule has 3 rings (SSSR count). The van der Waals surface area contributed by atoms with E-state index in [0.29, 0.717) is 12.6 Å². The number of rotatable bonds is 0. The van der Waals surface area contributed by atoms with Gasteiger partial charge in [0.15, 0.2) is 0 Å². The molecule has 1 aromatic carbocycles. The molecule has 1 atom stereocenters. The summed E-state index contributed by atoms with van der Waals surface area (Å²) < 4.78 is 6.61. The van der Waals surface area contributed by atoms with E-state index < -0.39 is 0 Å². The Bertz CT molecular complexity index is 488. The summed E-state index contributed by atoms with van der Waals surface area (Å²) in [5, 5.41) is 7.74. The molecule has 1 unspecified atom stereocenters. The Hall–Kier alpha value is -1.03. The Morgan fingerprint density at radius 2 is 2.29 bits per heavy atom.